The standard InChI is InChI=1S/C16H17NO3S/c1-20-16(8-2-3-9-16)15-17-13(10-21-15)11-4-6-12(7-5-11)14(18)19/h4-7,10H,2-3,8-9H2,1H3,(H,18,19). The van der Waals surface area contributed by atoms with Gasteiger partial charge >= 0.3 is 5.97 Å². The highest BCUT2D eigenvalue weighted by Crippen LogP contribution is 2.43. The number of nitrogens with zero attached hydrogens (tertiary/aromatic N) is 1. The van der Waals surface area contributed by atoms with Crippen LogP contribution in [0, 0.1) is 0 Å². The van der Waals surface area contributed by atoms with E-state index in [0.717, 1.165) is 29.1 Å². The van der Waals surface area contributed by atoms with Gasteiger partial charge in [-0.25, -0.2) is 9.78 Å². The second-order valence-corrected chi connectivity index (χ2v) is 6.18. The summed E-state index contributed by atoms with van der Waals surface area (Å²) < 4.78 is 5.75. The molecule has 4 nitrogen and oxygen atoms in total. The Morgan fingerprint density at radius 1 is 1.29 bits per heavy atom. The molecule has 5 heteroatoms. The van der Waals surface area contributed by atoms with Crippen LogP contribution in [0.3, 0.4) is 0 Å². The summed E-state index contributed by atoms with van der Waals surface area (Å²) in [6.07, 6.45) is 4.40. The zero-order chi connectivity index (χ0) is 14.9. The predicted octanol–water partition coefficient (Wildman–Crippen LogP) is 3.92. The molecule has 3 rings (SSSR count). The molecule has 0 saturated heterocycles. The highest BCUT2D eigenvalue weighted by Gasteiger charge is 2.38. The number of thiazole rings is 1. The van der Waals surface area contributed by atoms with Crippen LogP contribution in [0.2, 0.25) is 0 Å². The van der Waals surface area contributed by atoms with Crippen LogP contribution in [0.4, 0.5) is 0 Å². The minimum absolute atomic E-state index is 0.218. The Labute approximate surface area is 127 Å². The number of carboxylic acid groups (broad SMARTS) is 1. The maximum Gasteiger partial charge on any atom is 0.335 e. The fourth-order valence-corrected chi connectivity index (χ4v) is 3.92. The molecule has 0 bridgehead atoms. The Balaban J connectivity index is 1.89. The zero-order valence-corrected chi connectivity index (χ0v) is 12.7. The molecule has 0 radical (unpaired) electrons. The van der Waals surface area contributed by atoms with Crippen molar-refractivity contribution in [2.75, 3.05) is 7.11 Å². The SMILES string of the molecule is COC1(c2nc(-c3ccc(C(=O)O)cc3)cs2)CCCC1. The van der Waals surface area contributed by atoms with E-state index in [0.29, 0.717) is 5.56 Å². The largest absolute Gasteiger partial charge is 0.478 e. The van der Waals surface area contributed by atoms with Gasteiger partial charge in [0.1, 0.15) is 10.6 Å². The van der Waals surface area contributed by atoms with E-state index in [1.807, 2.05) is 5.38 Å². The monoisotopic (exact) mass is 303 g/mol. The molecular weight excluding hydrogens is 286 g/mol. The molecule has 0 amide bonds. The Kier molecular flexibility index (Phi) is 3.78. The molecule has 2 aromatic rings. The molecule has 0 unspecified atom stereocenters. The molecule has 1 aromatic carbocycles. The van der Waals surface area contributed by atoms with Crippen molar-refractivity contribution in [3.05, 3.63) is 40.2 Å². The number of aromatic carboxylic acids is 1. The van der Waals surface area contributed by atoms with E-state index in [9.17, 15) is 4.79 Å². The second-order valence-electron chi connectivity index (χ2n) is 5.33. The molecule has 1 heterocycles. The minimum Gasteiger partial charge on any atom is -0.478 e. The van der Waals surface area contributed by atoms with Crippen molar-refractivity contribution in [2.24, 2.45) is 0 Å². The number of aromatic nitrogens is 1. The van der Waals surface area contributed by atoms with Gasteiger partial charge in [-0.15, -0.1) is 11.3 Å². The van der Waals surface area contributed by atoms with Gasteiger partial charge in [-0.2, -0.15) is 0 Å². The number of carbonyl (C=O) groups is 1. The van der Waals surface area contributed by atoms with Gasteiger partial charge in [0, 0.05) is 18.1 Å². The van der Waals surface area contributed by atoms with Crippen LogP contribution in [-0.4, -0.2) is 23.2 Å². The van der Waals surface area contributed by atoms with E-state index in [1.165, 1.54) is 12.8 Å². The van der Waals surface area contributed by atoms with E-state index in [4.69, 9.17) is 14.8 Å². The van der Waals surface area contributed by atoms with Gasteiger partial charge < -0.3 is 9.84 Å². The molecule has 1 aliphatic carbocycles. The topological polar surface area (TPSA) is 59.4 Å². The van der Waals surface area contributed by atoms with E-state index in [-0.39, 0.29) is 5.60 Å². The number of ether oxygens (including phenoxy) is 1. The fraction of sp³-hybridized carbons (Fsp3) is 0.375. The summed E-state index contributed by atoms with van der Waals surface area (Å²) in [7, 11) is 1.76. The molecule has 21 heavy (non-hydrogen) atoms. The van der Waals surface area contributed by atoms with Crippen LogP contribution in [-0.2, 0) is 10.3 Å². The summed E-state index contributed by atoms with van der Waals surface area (Å²) in [4.78, 5) is 15.6. The number of hydrogen-bond donors (Lipinski definition) is 1. The molecule has 1 saturated carbocycles. The second kappa shape index (κ2) is 5.58. The van der Waals surface area contributed by atoms with E-state index >= 15 is 0 Å². The minimum atomic E-state index is -0.912. The van der Waals surface area contributed by atoms with Crippen LogP contribution in [0.5, 0.6) is 0 Å². The maximum atomic E-state index is 10.9. The summed E-state index contributed by atoms with van der Waals surface area (Å²) in [6.45, 7) is 0. The van der Waals surface area contributed by atoms with Crippen LogP contribution in [0.15, 0.2) is 29.6 Å². The Morgan fingerprint density at radius 3 is 2.52 bits per heavy atom. The molecule has 1 N–H and O–H groups in total. The molecule has 0 spiro atoms. The first-order valence-electron chi connectivity index (χ1n) is 6.99. The molecule has 1 fully saturated rings. The Morgan fingerprint density at radius 2 is 1.95 bits per heavy atom. The van der Waals surface area contributed by atoms with Crippen molar-refractivity contribution in [2.45, 2.75) is 31.3 Å². The van der Waals surface area contributed by atoms with Gasteiger partial charge in [0.15, 0.2) is 0 Å². The van der Waals surface area contributed by atoms with Crippen molar-refractivity contribution in [3.8, 4) is 11.3 Å². The first-order chi connectivity index (χ1) is 10.1. The number of benzene rings is 1. The fourth-order valence-electron chi connectivity index (χ4n) is 2.85. The normalized spacial score (nSPS) is 17.0. The third-order valence-electron chi connectivity index (χ3n) is 4.12. The number of hydrogen-bond acceptors (Lipinski definition) is 4. The lowest BCUT2D eigenvalue weighted by atomic mass is 10.0. The van der Waals surface area contributed by atoms with Gasteiger partial charge in [-0.3, -0.25) is 0 Å². The molecular formula is C16H17NO3S. The first kappa shape index (κ1) is 14.2. The van der Waals surface area contributed by atoms with Crippen molar-refractivity contribution in [1.82, 2.24) is 4.98 Å². The average molecular weight is 303 g/mol. The van der Waals surface area contributed by atoms with Crippen LogP contribution in [0.25, 0.3) is 11.3 Å². The molecule has 1 aromatic heterocycles. The molecule has 110 valence electrons. The predicted molar refractivity (Wildman–Crippen MR) is 81.7 cm³/mol. The van der Waals surface area contributed by atoms with Crippen molar-refractivity contribution < 1.29 is 14.6 Å². The summed E-state index contributed by atoms with van der Waals surface area (Å²) in [5.74, 6) is -0.912. The Bertz CT molecular complexity index is 642. The number of carboxylic acids is 1. The van der Waals surface area contributed by atoms with Crippen molar-refractivity contribution in [3.63, 3.8) is 0 Å². The third kappa shape index (κ3) is 2.59. The van der Waals surface area contributed by atoms with E-state index in [1.54, 1.807) is 42.7 Å². The van der Waals surface area contributed by atoms with Gasteiger partial charge in [0.05, 0.1) is 11.3 Å². The maximum absolute atomic E-state index is 10.9. The van der Waals surface area contributed by atoms with Gasteiger partial charge in [-0.05, 0) is 25.0 Å². The highest BCUT2D eigenvalue weighted by molar-refractivity contribution is 7.10. The van der Waals surface area contributed by atoms with Crippen molar-refractivity contribution in [1.29, 1.82) is 0 Å². The zero-order valence-electron chi connectivity index (χ0n) is 11.8. The summed E-state index contributed by atoms with van der Waals surface area (Å²) >= 11 is 1.62. The first-order valence-corrected chi connectivity index (χ1v) is 7.87. The van der Waals surface area contributed by atoms with Gasteiger partial charge in [0.25, 0.3) is 0 Å². The molecule has 0 aliphatic heterocycles. The van der Waals surface area contributed by atoms with Crippen LogP contribution in [0.1, 0.15) is 41.0 Å². The van der Waals surface area contributed by atoms with Crippen LogP contribution < -0.4 is 0 Å². The summed E-state index contributed by atoms with van der Waals surface area (Å²) in [5, 5.41) is 12.0. The highest BCUT2D eigenvalue weighted by atomic mass is 32.1. The molecule has 0 atom stereocenters. The Hall–Kier alpha value is -1.72. The van der Waals surface area contributed by atoms with Gasteiger partial charge in [-0.1, -0.05) is 25.0 Å². The average Bonchev–Trinajstić information content (AvgIpc) is 3.17. The molecule has 1 aliphatic rings. The van der Waals surface area contributed by atoms with E-state index < -0.39 is 5.97 Å². The van der Waals surface area contributed by atoms with E-state index in [2.05, 4.69) is 0 Å². The van der Waals surface area contributed by atoms with Gasteiger partial charge in [0.2, 0.25) is 0 Å². The van der Waals surface area contributed by atoms with Crippen LogP contribution >= 0.6 is 11.3 Å². The smallest absolute Gasteiger partial charge is 0.335 e. The van der Waals surface area contributed by atoms with Crippen molar-refractivity contribution >= 4 is 17.3 Å². The summed E-state index contributed by atoms with van der Waals surface area (Å²) in [5.41, 5.74) is 1.89. The number of rotatable bonds is 4. The third-order valence-corrected chi connectivity index (χ3v) is 5.15. The number of methoxy groups -OCH3 is 1. The lowest BCUT2D eigenvalue weighted by Gasteiger charge is -2.24. The summed E-state index contributed by atoms with van der Waals surface area (Å²) in [6, 6.07) is 6.82. The quantitative estimate of drug-likeness (QED) is 0.930. The lowest BCUT2D eigenvalue weighted by Crippen LogP contribution is -2.24. The lowest BCUT2D eigenvalue weighted by molar-refractivity contribution is -0.00879.